The maximum absolute atomic E-state index is 11.9. The molecular weight excluding hydrogens is 200 g/mol. The first-order valence-electron chi connectivity index (χ1n) is 4.73. The molecule has 0 spiro atoms. The molecule has 1 atom stereocenters. The van der Waals surface area contributed by atoms with E-state index in [2.05, 4.69) is 0 Å². The normalized spacial score (nSPS) is 24.4. The fraction of sp³-hybridized carbons (Fsp3) is 0.889. The smallest absolute Gasteiger partial charge is 0.211 e. The molecule has 1 aliphatic rings. The van der Waals surface area contributed by atoms with Gasteiger partial charge in [0.15, 0.2) is 5.25 Å². The summed E-state index contributed by atoms with van der Waals surface area (Å²) in [5, 5.41) is 7.70. The zero-order valence-corrected chi connectivity index (χ0v) is 9.63. The lowest BCUT2D eigenvalue weighted by Crippen LogP contribution is -2.45. The summed E-state index contributed by atoms with van der Waals surface area (Å²) in [5.74, 6) is 0. The Morgan fingerprint density at radius 3 is 2.43 bits per heavy atom. The van der Waals surface area contributed by atoms with Crippen molar-refractivity contribution < 1.29 is 8.42 Å². The third-order valence-electron chi connectivity index (χ3n) is 2.76. The van der Waals surface area contributed by atoms with Gasteiger partial charge in [-0.15, -0.1) is 0 Å². The molecule has 1 unspecified atom stereocenters. The van der Waals surface area contributed by atoms with Crippen molar-refractivity contribution in [2.45, 2.75) is 44.4 Å². The van der Waals surface area contributed by atoms with Gasteiger partial charge in [0.05, 0.1) is 6.07 Å². The Balaban J connectivity index is 3.01. The highest BCUT2D eigenvalue weighted by atomic mass is 32.2. The van der Waals surface area contributed by atoms with E-state index in [4.69, 9.17) is 5.26 Å². The van der Waals surface area contributed by atoms with Gasteiger partial charge in [-0.1, -0.05) is 0 Å². The van der Waals surface area contributed by atoms with E-state index in [1.165, 1.54) is 11.2 Å². The third kappa shape index (κ3) is 1.77. The monoisotopic (exact) mass is 216 g/mol. The van der Waals surface area contributed by atoms with Crippen LogP contribution in [0.2, 0.25) is 0 Å². The van der Waals surface area contributed by atoms with Gasteiger partial charge < -0.3 is 0 Å². The van der Waals surface area contributed by atoms with E-state index in [1.54, 1.807) is 6.07 Å². The minimum absolute atomic E-state index is 0.329. The SMILES string of the molecule is CC(C#N)S(=O)(=O)N1CCCC1(C)C. The highest BCUT2D eigenvalue weighted by molar-refractivity contribution is 7.90. The molecule has 0 saturated carbocycles. The van der Waals surface area contributed by atoms with Gasteiger partial charge in [0.1, 0.15) is 0 Å². The van der Waals surface area contributed by atoms with Crippen molar-refractivity contribution in [3.63, 3.8) is 0 Å². The first-order valence-corrected chi connectivity index (χ1v) is 6.24. The standard InChI is InChI=1S/C9H16N2O2S/c1-8(7-10)14(12,13)11-6-4-5-9(11,2)3/h8H,4-6H2,1-3H3. The maximum Gasteiger partial charge on any atom is 0.230 e. The first-order chi connectivity index (χ1) is 6.32. The van der Waals surface area contributed by atoms with Crippen LogP contribution < -0.4 is 0 Å². The van der Waals surface area contributed by atoms with Gasteiger partial charge in [-0.05, 0) is 33.6 Å². The molecule has 0 aromatic heterocycles. The van der Waals surface area contributed by atoms with Crippen molar-refractivity contribution in [3.05, 3.63) is 0 Å². The molecule has 0 amide bonds. The number of hydrogen-bond donors (Lipinski definition) is 0. The van der Waals surface area contributed by atoms with Crippen molar-refractivity contribution in [1.29, 1.82) is 5.26 Å². The summed E-state index contributed by atoms with van der Waals surface area (Å²) < 4.78 is 25.2. The Labute approximate surface area is 85.6 Å². The van der Waals surface area contributed by atoms with E-state index in [9.17, 15) is 8.42 Å². The summed E-state index contributed by atoms with van der Waals surface area (Å²) in [7, 11) is -3.42. The highest BCUT2D eigenvalue weighted by Gasteiger charge is 2.42. The van der Waals surface area contributed by atoms with E-state index in [1.807, 2.05) is 13.8 Å². The molecular formula is C9H16N2O2S. The molecule has 1 fully saturated rings. The minimum Gasteiger partial charge on any atom is -0.211 e. The number of hydrogen-bond acceptors (Lipinski definition) is 3. The molecule has 0 aliphatic carbocycles. The van der Waals surface area contributed by atoms with Gasteiger partial charge in [0, 0.05) is 12.1 Å². The molecule has 1 aliphatic heterocycles. The molecule has 14 heavy (non-hydrogen) atoms. The van der Waals surface area contributed by atoms with Crippen LogP contribution in [0.25, 0.3) is 0 Å². The van der Waals surface area contributed by atoms with Crippen molar-refractivity contribution in [2.24, 2.45) is 0 Å². The summed E-state index contributed by atoms with van der Waals surface area (Å²) in [5.41, 5.74) is -0.329. The minimum atomic E-state index is -3.42. The molecule has 80 valence electrons. The number of nitrogens with zero attached hydrogens (tertiary/aromatic N) is 2. The predicted octanol–water partition coefficient (Wildman–Crippen LogP) is 1.10. The van der Waals surface area contributed by atoms with Crippen molar-refractivity contribution >= 4 is 10.0 Å². The molecule has 0 aromatic carbocycles. The van der Waals surface area contributed by atoms with E-state index in [0.29, 0.717) is 6.54 Å². The van der Waals surface area contributed by atoms with Gasteiger partial charge in [-0.2, -0.15) is 9.57 Å². The molecule has 0 radical (unpaired) electrons. The molecule has 4 nitrogen and oxygen atoms in total. The van der Waals surface area contributed by atoms with Crippen molar-refractivity contribution in [3.8, 4) is 6.07 Å². The zero-order chi connectivity index (χ0) is 11.0. The van der Waals surface area contributed by atoms with E-state index in [0.717, 1.165) is 12.8 Å². The van der Waals surface area contributed by atoms with Crippen LogP contribution in [0.3, 0.4) is 0 Å². The lowest BCUT2D eigenvalue weighted by molar-refractivity contribution is 0.290. The van der Waals surface area contributed by atoms with Gasteiger partial charge in [0.2, 0.25) is 10.0 Å². The fourth-order valence-electron chi connectivity index (χ4n) is 1.81. The number of nitriles is 1. The van der Waals surface area contributed by atoms with Gasteiger partial charge in [-0.3, -0.25) is 0 Å². The molecule has 5 heteroatoms. The molecule has 1 heterocycles. The fourth-order valence-corrected chi connectivity index (χ4v) is 3.49. The van der Waals surface area contributed by atoms with E-state index < -0.39 is 15.3 Å². The van der Waals surface area contributed by atoms with Crippen LogP contribution in [0.1, 0.15) is 33.6 Å². The van der Waals surface area contributed by atoms with Crippen LogP contribution in [0.15, 0.2) is 0 Å². The maximum atomic E-state index is 11.9. The average molecular weight is 216 g/mol. The van der Waals surface area contributed by atoms with Crippen LogP contribution in [-0.2, 0) is 10.0 Å². The Kier molecular flexibility index (Phi) is 2.88. The summed E-state index contributed by atoms with van der Waals surface area (Å²) in [6, 6.07) is 1.79. The second kappa shape index (κ2) is 3.52. The largest absolute Gasteiger partial charge is 0.230 e. The molecule has 0 bridgehead atoms. The first kappa shape index (κ1) is 11.5. The van der Waals surface area contributed by atoms with E-state index >= 15 is 0 Å². The second-order valence-corrected chi connectivity index (χ2v) is 6.48. The summed E-state index contributed by atoms with van der Waals surface area (Å²) in [4.78, 5) is 0. The Hall–Kier alpha value is -0.600. The molecule has 1 rings (SSSR count). The lowest BCUT2D eigenvalue weighted by Gasteiger charge is -2.31. The highest BCUT2D eigenvalue weighted by Crippen LogP contribution is 2.32. The van der Waals surface area contributed by atoms with E-state index in [-0.39, 0.29) is 5.54 Å². The molecule has 1 saturated heterocycles. The summed E-state index contributed by atoms with van der Waals surface area (Å²) in [6.45, 7) is 5.79. The lowest BCUT2D eigenvalue weighted by atomic mass is 10.0. The zero-order valence-electron chi connectivity index (χ0n) is 8.82. The average Bonchev–Trinajstić information content (AvgIpc) is 2.44. The predicted molar refractivity (Wildman–Crippen MR) is 54.0 cm³/mol. The topological polar surface area (TPSA) is 61.2 Å². The molecule has 0 N–H and O–H groups in total. The second-order valence-electron chi connectivity index (χ2n) is 4.30. The Bertz CT molecular complexity index is 353. The third-order valence-corrected chi connectivity index (χ3v) is 5.05. The van der Waals surface area contributed by atoms with Crippen LogP contribution >= 0.6 is 0 Å². The Morgan fingerprint density at radius 2 is 2.07 bits per heavy atom. The number of rotatable bonds is 2. The molecule has 0 aromatic rings. The van der Waals surface area contributed by atoms with Gasteiger partial charge >= 0.3 is 0 Å². The Morgan fingerprint density at radius 1 is 1.50 bits per heavy atom. The van der Waals surface area contributed by atoms with Crippen molar-refractivity contribution in [1.82, 2.24) is 4.31 Å². The van der Waals surface area contributed by atoms with Crippen LogP contribution in [0.4, 0.5) is 0 Å². The van der Waals surface area contributed by atoms with Gasteiger partial charge in [-0.25, -0.2) is 8.42 Å². The van der Waals surface area contributed by atoms with Crippen LogP contribution in [0, 0.1) is 11.3 Å². The quantitative estimate of drug-likeness (QED) is 0.694. The summed E-state index contributed by atoms with van der Waals surface area (Å²) in [6.07, 6.45) is 1.74. The number of sulfonamides is 1. The summed E-state index contributed by atoms with van der Waals surface area (Å²) >= 11 is 0. The van der Waals surface area contributed by atoms with Gasteiger partial charge in [0.25, 0.3) is 0 Å². The van der Waals surface area contributed by atoms with Crippen LogP contribution in [-0.4, -0.2) is 30.1 Å². The van der Waals surface area contributed by atoms with Crippen molar-refractivity contribution in [2.75, 3.05) is 6.54 Å². The van der Waals surface area contributed by atoms with Crippen LogP contribution in [0.5, 0.6) is 0 Å².